The van der Waals surface area contributed by atoms with E-state index in [-0.39, 0.29) is 0 Å². The third-order valence-electron chi connectivity index (χ3n) is 1.77. The van der Waals surface area contributed by atoms with E-state index in [0.29, 0.717) is 12.6 Å². The summed E-state index contributed by atoms with van der Waals surface area (Å²) < 4.78 is 7.11. The summed E-state index contributed by atoms with van der Waals surface area (Å²) in [6, 6.07) is 0.581. The summed E-state index contributed by atoms with van der Waals surface area (Å²) in [4.78, 5) is 12.2. The van der Waals surface area contributed by atoms with Gasteiger partial charge in [0.05, 0.1) is 12.8 Å². The molecular weight excluding hydrogens is 168 g/mol. The lowest BCUT2D eigenvalue weighted by Crippen LogP contribution is -1.99. The van der Waals surface area contributed by atoms with Crippen molar-refractivity contribution >= 4 is 11.2 Å². The number of imidazole rings is 1. The normalized spacial score (nSPS) is 10.6. The molecule has 0 aliphatic rings. The summed E-state index contributed by atoms with van der Waals surface area (Å²) in [6.45, 7) is 2.52. The zero-order valence-electron chi connectivity index (χ0n) is 7.56. The van der Waals surface area contributed by atoms with Crippen molar-refractivity contribution in [3.8, 4) is 6.01 Å². The Kier molecular flexibility index (Phi) is 1.84. The van der Waals surface area contributed by atoms with Crippen LogP contribution in [0, 0.1) is 0 Å². The lowest BCUT2D eigenvalue weighted by atomic mass is 10.6. The molecule has 2 rings (SSSR count). The molecule has 0 aliphatic carbocycles. The Morgan fingerprint density at radius 2 is 2.38 bits per heavy atom. The Morgan fingerprint density at radius 1 is 1.54 bits per heavy atom. The van der Waals surface area contributed by atoms with Crippen LogP contribution in [-0.2, 0) is 7.05 Å². The lowest BCUT2D eigenvalue weighted by Gasteiger charge is -2.00. The van der Waals surface area contributed by atoms with Crippen LogP contribution in [0.1, 0.15) is 6.92 Å². The van der Waals surface area contributed by atoms with E-state index >= 15 is 0 Å². The summed E-state index contributed by atoms with van der Waals surface area (Å²) in [7, 11) is 1.87. The second kappa shape index (κ2) is 3.01. The average Bonchev–Trinajstić information content (AvgIpc) is 2.46. The van der Waals surface area contributed by atoms with Gasteiger partial charge in [-0.2, -0.15) is 4.98 Å². The number of ether oxygens (including phenoxy) is 1. The minimum atomic E-state index is 0.581. The molecule has 0 bridgehead atoms. The highest BCUT2D eigenvalue weighted by Crippen LogP contribution is 2.15. The van der Waals surface area contributed by atoms with E-state index in [1.807, 2.05) is 14.0 Å². The maximum Gasteiger partial charge on any atom is 0.298 e. The van der Waals surface area contributed by atoms with Crippen LogP contribution in [0.4, 0.5) is 0 Å². The lowest BCUT2D eigenvalue weighted by molar-refractivity contribution is 0.304. The van der Waals surface area contributed by atoms with Crippen LogP contribution in [0.25, 0.3) is 11.2 Å². The van der Waals surface area contributed by atoms with E-state index in [2.05, 4.69) is 15.0 Å². The van der Waals surface area contributed by atoms with Gasteiger partial charge in [0.15, 0.2) is 5.65 Å². The van der Waals surface area contributed by atoms with Crippen LogP contribution in [0.2, 0.25) is 0 Å². The van der Waals surface area contributed by atoms with Crippen molar-refractivity contribution in [1.82, 2.24) is 19.5 Å². The maximum absolute atomic E-state index is 5.31. The van der Waals surface area contributed by atoms with Crippen molar-refractivity contribution in [3.05, 3.63) is 12.5 Å². The Labute approximate surface area is 75.4 Å². The number of fused-ring (bicyclic) bond motifs is 1. The van der Waals surface area contributed by atoms with Gasteiger partial charge in [0.2, 0.25) is 0 Å². The zero-order chi connectivity index (χ0) is 9.26. The topological polar surface area (TPSA) is 52.8 Å². The van der Waals surface area contributed by atoms with Gasteiger partial charge < -0.3 is 4.74 Å². The molecule has 0 atom stereocenters. The summed E-state index contributed by atoms with van der Waals surface area (Å²) in [5.41, 5.74) is 1.55. The molecular formula is C8H10N4O. The van der Waals surface area contributed by atoms with Crippen LogP contribution in [0.15, 0.2) is 12.5 Å². The predicted octanol–water partition coefficient (Wildman–Crippen LogP) is 0.762. The molecule has 0 saturated carbocycles. The van der Waals surface area contributed by atoms with Crippen molar-refractivity contribution in [1.29, 1.82) is 0 Å². The van der Waals surface area contributed by atoms with E-state index < -0.39 is 0 Å². The predicted molar refractivity (Wildman–Crippen MR) is 47.5 cm³/mol. The standard InChI is InChI=1S/C8H10N4O/c1-3-13-8-11-6-4-9-5-10-7(6)12(8)2/h4-5H,3H2,1-2H3. The second-order valence-electron chi connectivity index (χ2n) is 2.62. The summed E-state index contributed by atoms with van der Waals surface area (Å²) in [5.74, 6) is 0. The highest BCUT2D eigenvalue weighted by Gasteiger charge is 2.08. The Bertz CT molecular complexity index is 423. The fourth-order valence-corrected chi connectivity index (χ4v) is 1.18. The molecule has 0 amide bonds. The van der Waals surface area contributed by atoms with E-state index in [4.69, 9.17) is 4.74 Å². The van der Waals surface area contributed by atoms with Crippen molar-refractivity contribution in [2.75, 3.05) is 6.61 Å². The van der Waals surface area contributed by atoms with E-state index in [1.54, 1.807) is 10.8 Å². The molecule has 0 aliphatic heterocycles. The summed E-state index contributed by atoms with van der Waals surface area (Å²) >= 11 is 0. The molecule has 0 fully saturated rings. The minimum Gasteiger partial charge on any atom is -0.465 e. The van der Waals surface area contributed by atoms with Gasteiger partial charge in [-0.15, -0.1) is 0 Å². The summed E-state index contributed by atoms with van der Waals surface area (Å²) in [5, 5.41) is 0. The van der Waals surface area contributed by atoms with E-state index in [0.717, 1.165) is 11.2 Å². The number of hydrogen-bond acceptors (Lipinski definition) is 4. The van der Waals surface area contributed by atoms with Crippen LogP contribution in [0.3, 0.4) is 0 Å². The monoisotopic (exact) mass is 178 g/mol. The van der Waals surface area contributed by atoms with Gasteiger partial charge in [0, 0.05) is 7.05 Å². The van der Waals surface area contributed by atoms with Gasteiger partial charge in [-0.05, 0) is 6.92 Å². The number of aromatic nitrogens is 4. The molecule has 0 unspecified atom stereocenters. The van der Waals surface area contributed by atoms with Gasteiger partial charge >= 0.3 is 0 Å². The Morgan fingerprint density at radius 3 is 3.08 bits per heavy atom. The molecule has 0 aromatic carbocycles. The van der Waals surface area contributed by atoms with Gasteiger partial charge in [-0.1, -0.05) is 0 Å². The number of hydrogen-bond donors (Lipinski definition) is 0. The van der Waals surface area contributed by atoms with Gasteiger partial charge in [-0.3, -0.25) is 4.57 Å². The molecule has 68 valence electrons. The second-order valence-corrected chi connectivity index (χ2v) is 2.62. The first-order valence-electron chi connectivity index (χ1n) is 4.08. The molecule has 5 heteroatoms. The van der Waals surface area contributed by atoms with Crippen molar-refractivity contribution in [3.63, 3.8) is 0 Å². The fraction of sp³-hybridized carbons (Fsp3) is 0.375. The molecule has 2 aromatic rings. The van der Waals surface area contributed by atoms with Crippen LogP contribution in [-0.4, -0.2) is 26.1 Å². The third-order valence-corrected chi connectivity index (χ3v) is 1.77. The first-order valence-corrected chi connectivity index (χ1v) is 4.08. The van der Waals surface area contributed by atoms with Crippen LogP contribution in [0.5, 0.6) is 6.01 Å². The van der Waals surface area contributed by atoms with Gasteiger partial charge in [0.1, 0.15) is 11.8 Å². The first kappa shape index (κ1) is 7.97. The molecule has 0 radical (unpaired) electrons. The molecule has 2 heterocycles. The first-order chi connectivity index (χ1) is 6.33. The number of aryl methyl sites for hydroxylation is 1. The average molecular weight is 178 g/mol. The van der Waals surface area contributed by atoms with Gasteiger partial charge in [-0.25, -0.2) is 9.97 Å². The highest BCUT2D eigenvalue weighted by atomic mass is 16.5. The van der Waals surface area contributed by atoms with E-state index in [1.165, 1.54) is 6.33 Å². The molecule has 5 nitrogen and oxygen atoms in total. The van der Waals surface area contributed by atoms with Crippen molar-refractivity contribution in [2.24, 2.45) is 7.05 Å². The largest absolute Gasteiger partial charge is 0.465 e. The molecule has 0 N–H and O–H groups in total. The van der Waals surface area contributed by atoms with Crippen LogP contribution < -0.4 is 4.74 Å². The van der Waals surface area contributed by atoms with Gasteiger partial charge in [0.25, 0.3) is 6.01 Å². The molecule has 13 heavy (non-hydrogen) atoms. The maximum atomic E-state index is 5.31. The zero-order valence-corrected chi connectivity index (χ0v) is 7.56. The SMILES string of the molecule is CCOc1nc2cncnc2n1C. The van der Waals surface area contributed by atoms with Crippen LogP contribution >= 0.6 is 0 Å². The summed E-state index contributed by atoms with van der Waals surface area (Å²) in [6.07, 6.45) is 3.17. The van der Waals surface area contributed by atoms with Crippen molar-refractivity contribution < 1.29 is 4.74 Å². The molecule has 0 saturated heterocycles. The third kappa shape index (κ3) is 1.22. The Hall–Kier alpha value is -1.65. The quantitative estimate of drug-likeness (QED) is 0.681. The Balaban J connectivity index is 2.60. The highest BCUT2D eigenvalue weighted by molar-refractivity contribution is 5.70. The number of nitrogens with zero attached hydrogens (tertiary/aromatic N) is 4. The fourth-order valence-electron chi connectivity index (χ4n) is 1.18. The number of rotatable bonds is 2. The van der Waals surface area contributed by atoms with E-state index in [9.17, 15) is 0 Å². The molecule has 0 spiro atoms. The smallest absolute Gasteiger partial charge is 0.298 e. The minimum absolute atomic E-state index is 0.581. The molecule has 2 aromatic heterocycles. The van der Waals surface area contributed by atoms with Crippen molar-refractivity contribution in [2.45, 2.75) is 6.92 Å².